The largest absolute Gasteiger partial charge is 0.496 e. The predicted octanol–water partition coefficient (Wildman–Crippen LogP) is 3.18. The van der Waals surface area contributed by atoms with Gasteiger partial charge < -0.3 is 29.9 Å². The monoisotopic (exact) mass is 445 g/mol. The van der Waals surface area contributed by atoms with E-state index >= 15 is 0 Å². The van der Waals surface area contributed by atoms with Gasteiger partial charge in [-0.1, -0.05) is 12.8 Å². The molecular weight excluding hydrogens is 421 g/mol. The number of methoxy groups -OCH3 is 1. The number of hydrogen-bond donors (Lipinski definition) is 4. The quantitative estimate of drug-likeness (QED) is 0.453. The Kier molecular flexibility index (Phi) is 5.81. The summed E-state index contributed by atoms with van der Waals surface area (Å²) in [6.07, 6.45) is 4.96. The summed E-state index contributed by atoms with van der Waals surface area (Å²) in [4.78, 5) is 31.3. The summed E-state index contributed by atoms with van der Waals surface area (Å²) in [5.74, 6) is -0.588. The number of rotatable bonds is 5. The van der Waals surface area contributed by atoms with E-state index in [-0.39, 0.29) is 35.1 Å². The number of carbonyl (C=O) groups excluding carboxylic acids is 2. The number of halogens is 1. The number of aromatic amines is 2. The number of amides is 2. The molecule has 1 aromatic carbocycles. The fourth-order valence-electron chi connectivity index (χ4n) is 4.08. The first-order chi connectivity index (χ1) is 14.9. The maximum Gasteiger partial charge on any atom is 0.269 e. The van der Waals surface area contributed by atoms with Crippen molar-refractivity contribution in [1.29, 1.82) is 0 Å². The van der Waals surface area contributed by atoms with E-state index in [1.807, 2.05) is 0 Å². The van der Waals surface area contributed by atoms with E-state index in [1.165, 1.54) is 19.2 Å². The second kappa shape index (κ2) is 8.54. The SMILES string of the molecule is COc1ccc(F)c2[nH]c(C(=O)N[C@@H]3CCCC[C@H]3NC(=O)c3c[nH]c(=S)n3C)cc12. The molecule has 164 valence electrons. The van der Waals surface area contributed by atoms with Crippen molar-refractivity contribution in [1.82, 2.24) is 25.2 Å². The average molecular weight is 446 g/mol. The third-order valence-corrected chi connectivity index (χ3v) is 6.19. The molecular formula is C21H24FN5O3S. The van der Waals surface area contributed by atoms with Gasteiger partial charge in [0.05, 0.1) is 12.6 Å². The van der Waals surface area contributed by atoms with E-state index < -0.39 is 5.82 Å². The topological polar surface area (TPSA) is 104 Å². The van der Waals surface area contributed by atoms with Gasteiger partial charge in [0.15, 0.2) is 4.77 Å². The van der Waals surface area contributed by atoms with Crippen LogP contribution in [0, 0.1) is 10.6 Å². The number of H-pyrrole nitrogens is 2. The molecule has 2 heterocycles. The van der Waals surface area contributed by atoms with Crippen molar-refractivity contribution in [3.05, 3.63) is 46.4 Å². The standard InChI is InChI=1S/C21H24FN5O3S/c1-27-16(10-23-21(27)31)20(29)26-14-6-4-3-5-13(14)25-19(28)15-9-11-17(30-2)8-7-12(22)18(11)24-15/h7-10,13-14,24H,3-6H2,1-2H3,(H,23,31)(H,25,28)(H,26,29)/t13-,14-/m1/s1. The van der Waals surface area contributed by atoms with Crippen LogP contribution < -0.4 is 15.4 Å². The number of ether oxygens (including phenoxy) is 1. The van der Waals surface area contributed by atoms with E-state index in [1.54, 1.807) is 23.9 Å². The van der Waals surface area contributed by atoms with Crippen molar-refractivity contribution in [2.24, 2.45) is 7.05 Å². The summed E-state index contributed by atoms with van der Waals surface area (Å²) in [7, 11) is 3.21. The zero-order valence-electron chi connectivity index (χ0n) is 17.3. The number of benzene rings is 1. The first-order valence-corrected chi connectivity index (χ1v) is 10.5. The number of aromatic nitrogens is 3. The Balaban J connectivity index is 1.51. The molecule has 31 heavy (non-hydrogen) atoms. The van der Waals surface area contributed by atoms with E-state index in [0.29, 0.717) is 21.6 Å². The van der Waals surface area contributed by atoms with Crippen LogP contribution in [0.4, 0.5) is 4.39 Å². The second-order valence-electron chi connectivity index (χ2n) is 7.70. The van der Waals surface area contributed by atoms with Gasteiger partial charge in [-0.05, 0) is 43.3 Å². The van der Waals surface area contributed by atoms with Crippen LogP contribution >= 0.6 is 12.2 Å². The van der Waals surface area contributed by atoms with Crippen LogP contribution in [0.5, 0.6) is 5.75 Å². The van der Waals surface area contributed by atoms with E-state index in [2.05, 4.69) is 20.6 Å². The summed E-state index contributed by atoms with van der Waals surface area (Å²) >= 11 is 5.12. The number of imidazole rings is 1. The van der Waals surface area contributed by atoms with Crippen molar-refractivity contribution in [2.75, 3.05) is 7.11 Å². The smallest absolute Gasteiger partial charge is 0.269 e. The summed E-state index contributed by atoms with van der Waals surface area (Å²) in [5.41, 5.74) is 0.887. The zero-order valence-corrected chi connectivity index (χ0v) is 18.1. The molecule has 3 aromatic rings. The molecule has 1 aliphatic rings. The Morgan fingerprint density at radius 2 is 1.87 bits per heavy atom. The summed E-state index contributed by atoms with van der Waals surface area (Å²) in [6, 6.07) is 3.93. The van der Waals surface area contributed by atoms with Crippen LogP contribution in [0.3, 0.4) is 0 Å². The van der Waals surface area contributed by atoms with E-state index in [9.17, 15) is 14.0 Å². The van der Waals surface area contributed by atoms with Crippen LogP contribution in [0.15, 0.2) is 24.4 Å². The van der Waals surface area contributed by atoms with Gasteiger partial charge in [0.2, 0.25) is 0 Å². The summed E-state index contributed by atoms with van der Waals surface area (Å²) < 4.78 is 21.5. The van der Waals surface area contributed by atoms with E-state index in [4.69, 9.17) is 17.0 Å². The average Bonchev–Trinajstić information content (AvgIpc) is 3.35. The minimum absolute atomic E-state index is 0.218. The molecule has 8 nitrogen and oxygen atoms in total. The first-order valence-electron chi connectivity index (χ1n) is 10.1. The molecule has 2 amide bonds. The fraction of sp³-hybridized carbons (Fsp3) is 0.381. The van der Waals surface area contributed by atoms with Crippen molar-refractivity contribution < 1.29 is 18.7 Å². The van der Waals surface area contributed by atoms with Crippen molar-refractivity contribution in [3.8, 4) is 5.75 Å². The molecule has 4 rings (SSSR count). The van der Waals surface area contributed by atoms with E-state index in [0.717, 1.165) is 25.7 Å². The molecule has 0 aliphatic heterocycles. The molecule has 0 saturated heterocycles. The summed E-state index contributed by atoms with van der Waals surface area (Å²) in [6.45, 7) is 0. The molecule has 2 atom stereocenters. The second-order valence-corrected chi connectivity index (χ2v) is 8.09. The van der Waals surface area contributed by atoms with Gasteiger partial charge in [-0.25, -0.2) is 4.39 Å². The van der Waals surface area contributed by atoms with Crippen LogP contribution in [0.25, 0.3) is 10.9 Å². The third kappa shape index (κ3) is 4.07. The Labute approximate surface area is 183 Å². The molecule has 0 radical (unpaired) electrons. The Bertz CT molecular complexity index is 1200. The first kappa shape index (κ1) is 21.1. The number of nitrogens with one attached hydrogen (secondary N) is 4. The van der Waals surface area contributed by atoms with Gasteiger partial charge in [0, 0.05) is 30.7 Å². The molecule has 0 bridgehead atoms. The Hall–Kier alpha value is -3.14. The van der Waals surface area contributed by atoms with Crippen molar-refractivity contribution >= 4 is 34.9 Å². The zero-order chi connectivity index (χ0) is 22.1. The Morgan fingerprint density at radius 3 is 2.48 bits per heavy atom. The van der Waals surface area contributed by atoms with Gasteiger partial charge in [-0.3, -0.25) is 9.59 Å². The third-order valence-electron chi connectivity index (χ3n) is 5.80. The number of fused-ring (bicyclic) bond motifs is 1. The molecule has 1 saturated carbocycles. The maximum absolute atomic E-state index is 14.2. The normalized spacial score (nSPS) is 18.7. The lowest BCUT2D eigenvalue weighted by molar-refractivity contribution is 0.0856. The highest BCUT2D eigenvalue weighted by atomic mass is 32.1. The molecule has 4 N–H and O–H groups in total. The van der Waals surface area contributed by atoms with Crippen molar-refractivity contribution in [2.45, 2.75) is 37.8 Å². The maximum atomic E-state index is 14.2. The number of carbonyl (C=O) groups is 2. The minimum Gasteiger partial charge on any atom is -0.496 e. The molecule has 10 heteroatoms. The highest BCUT2D eigenvalue weighted by Crippen LogP contribution is 2.28. The summed E-state index contributed by atoms with van der Waals surface area (Å²) in [5, 5.41) is 6.52. The molecule has 0 unspecified atom stereocenters. The van der Waals surface area contributed by atoms with Gasteiger partial charge >= 0.3 is 0 Å². The fourth-order valence-corrected chi connectivity index (χ4v) is 4.23. The molecule has 2 aromatic heterocycles. The lowest BCUT2D eigenvalue weighted by Crippen LogP contribution is -2.53. The van der Waals surface area contributed by atoms with Crippen LogP contribution in [-0.2, 0) is 7.05 Å². The van der Waals surface area contributed by atoms with Gasteiger partial charge in [0.25, 0.3) is 11.8 Å². The minimum atomic E-state index is -0.460. The van der Waals surface area contributed by atoms with Crippen molar-refractivity contribution in [3.63, 3.8) is 0 Å². The molecule has 1 fully saturated rings. The van der Waals surface area contributed by atoms with Crippen LogP contribution in [-0.4, -0.2) is 45.5 Å². The predicted molar refractivity (Wildman–Crippen MR) is 116 cm³/mol. The lowest BCUT2D eigenvalue weighted by Gasteiger charge is -2.32. The Morgan fingerprint density at radius 1 is 1.19 bits per heavy atom. The highest BCUT2D eigenvalue weighted by molar-refractivity contribution is 7.71. The highest BCUT2D eigenvalue weighted by Gasteiger charge is 2.29. The van der Waals surface area contributed by atoms with Crippen LogP contribution in [0.1, 0.15) is 46.7 Å². The lowest BCUT2D eigenvalue weighted by atomic mass is 9.90. The van der Waals surface area contributed by atoms with Gasteiger partial charge in [0.1, 0.15) is 23.0 Å². The van der Waals surface area contributed by atoms with Crippen LogP contribution in [0.2, 0.25) is 0 Å². The van der Waals surface area contributed by atoms with Gasteiger partial charge in [-0.2, -0.15) is 0 Å². The van der Waals surface area contributed by atoms with Gasteiger partial charge in [-0.15, -0.1) is 0 Å². The molecule has 0 spiro atoms. The number of hydrogen-bond acceptors (Lipinski definition) is 4. The molecule has 1 aliphatic carbocycles. The number of nitrogens with zero attached hydrogens (tertiary/aromatic N) is 1.